The summed E-state index contributed by atoms with van der Waals surface area (Å²) in [7, 11) is 2.20. The van der Waals surface area contributed by atoms with Crippen molar-refractivity contribution >= 4 is 5.78 Å². The lowest BCUT2D eigenvalue weighted by Gasteiger charge is -2.42. The predicted octanol–water partition coefficient (Wildman–Crippen LogP) is 2.41. The van der Waals surface area contributed by atoms with Crippen LogP contribution in [0, 0.1) is 0 Å². The van der Waals surface area contributed by atoms with Gasteiger partial charge in [0.15, 0.2) is 5.78 Å². The highest BCUT2D eigenvalue weighted by molar-refractivity contribution is 5.93. The highest BCUT2D eigenvalue weighted by Crippen LogP contribution is 2.16. The van der Waals surface area contributed by atoms with Crippen LogP contribution in [0.25, 0.3) is 0 Å². The molecule has 104 valence electrons. The van der Waals surface area contributed by atoms with Gasteiger partial charge in [-0.2, -0.15) is 0 Å². The van der Waals surface area contributed by atoms with Gasteiger partial charge >= 0.3 is 0 Å². The minimum atomic E-state index is 0.133. The van der Waals surface area contributed by atoms with Crippen molar-refractivity contribution in [2.45, 2.75) is 39.4 Å². The molecule has 1 aromatic carbocycles. The van der Waals surface area contributed by atoms with Crippen LogP contribution in [0.15, 0.2) is 24.3 Å². The fourth-order valence-electron chi connectivity index (χ4n) is 2.75. The molecule has 1 saturated heterocycles. The molecule has 0 spiro atoms. The Morgan fingerprint density at radius 1 is 1.16 bits per heavy atom. The molecule has 1 heterocycles. The fourth-order valence-corrected chi connectivity index (χ4v) is 2.75. The van der Waals surface area contributed by atoms with Crippen molar-refractivity contribution in [3.05, 3.63) is 35.4 Å². The van der Waals surface area contributed by atoms with E-state index in [4.69, 9.17) is 0 Å². The van der Waals surface area contributed by atoms with E-state index in [1.807, 2.05) is 12.1 Å². The Hall–Kier alpha value is -1.19. The quantitative estimate of drug-likeness (QED) is 0.780. The van der Waals surface area contributed by atoms with Crippen LogP contribution >= 0.6 is 0 Å². The monoisotopic (exact) mass is 260 g/mol. The summed E-state index contributed by atoms with van der Waals surface area (Å²) in [5.41, 5.74) is 2.08. The lowest BCUT2D eigenvalue weighted by atomic mass is 10.1. The van der Waals surface area contributed by atoms with Gasteiger partial charge in [-0.05, 0) is 33.4 Å². The minimum Gasteiger partial charge on any atom is -0.298 e. The SMILES string of the molecule is CC(=O)c1ccc(CN2C[C@@H](C)N(C)[C@@H](C)C2)cc1. The summed E-state index contributed by atoms with van der Waals surface area (Å²) >= 11 is 0. The Labute approximate surface area is 116 Å². The lowest BCUT2D eigenvalue weighted by Crippen LogP contribution is -2.54. The van der Waals surface area contributed by atoms with E-state index in [0.717, 1.165) is 25.2 Å². The molecule has 0 saturated carbocycles. The summed E-state index contributed by atoms with van der Waals surface area (Å²) in [6.07, 6.45) is 0. The van der Waals surface area contributed by atoms with E-state index < -0.39 is 0 Å². The maximum atomic E-state index is 11.3. The summed E-state index contributed by atoms with van der Waals surface area (Å²) in [4.78, 5) is 16.2. The van der Waals surface area contributed by atoms with Crippen LogP contribution in [0.1, 0.15) is 36.7 Å². The Balaban J connectivity index is 1.99. The van der Waals surface area contributed by atoms with Crippen LogP contribution in [0.3, 0.4) is 0 Å². The third-order valence-electron chi connectivity index (χ3n) is 4.20. The van der Waals surface area contributed by atoms with Crippen LogP contribution in [-0.2, 0) is 6.54 Å². The van der Waals surface area contributed by atoms with Gasteiger partial charge in [0, 0.05) is 37.3 Å². The van der Waals surface area contributed by atoms with Crippen molar-refractivity contribution in [1.29, 1.82) is 0 Å². The van der Waals surface area contributed by atoms with Gasteiger partial charge in [0.05, 0.1) is 0 Å². The Kier molecular flexibility index (Phi) is 4.38. The third kappa shape index (κ3) is 3.43. The van der Waals surface area contributed by atoms with E-state index in [0.29, 0.717) is 12.1 Å². The molecule has 3 nitrogen and oxygen atoms in total. The molecule has 1 aliphatic rings. The maximum absolute atomic E-state index is 11.3. The lowest BCUT2D eigenvalue weighted by molar-refractivity contribution is 0.0556. The zero-order valence-corrected chi connectivity index (χ0v) is 12.4. The van der Waals surface area contributed by atoms with Gasteiger partial charge in [0.2, 0.25) is 0 Å². The second-order valence-corrected chi connectivity index (χ2v) is 5.81. The normalized spacial score (nSPS) is 25.5. The molecule has 0 amide bonds. The van der Waals surface area contributed by atoms with E-state index >= 15 is 0 Å². The summed E-state index contributed by atoms with van der Waals surface area (Å²) < 4.78 is 0. The molecular weight excluding hydrogens is 236 g/mol. The highest BCUT2D eigenvalue weighted by Gasteiger charge is 2.26. The summed E-state index contributed by atoms with van der Waals surface area (Å²) in [6.45, 7) is 9.35. The van der Waals surface area contributed by atoms with Gasteiger partial charge in [-0.1, -0.05) is 24.3 Å². The van der Waals surface area contributed by atoms with Crippen molar-refractivity contribution in [3.63, 3.8) is 0 Å². The summed E-state index contributed by atoms with van der Waals surface area (Å²) in [5, 5.41) is 0. The highest BCUT2D eigenvalue weighted by atomic mass is 16.1. The number of ketones is 1. The summed E-state index contributed by atoms with van der Waals surface area (Å²) in [6, 6.07) is 9.20. The van der Waals surface area contributed by atoms with Gasteiger partial charge in [-0.3, -0.25) is 14.6 Å². The molecule has 3 heteroatoms. The fraction of sp³-hybridized carbons (Fsp3) is 0.562. The molecule has 0 aliphatic carbocycles. The van der Waals surface area contributed by atoms with Gasteiger partial charge in [-0.15, -0.1) is 0 Å². The van der Waals surface area contributed by atoms with Gasteiger partial charge < -0.3 is 0 Å². The first-order valence-electron chi connectivity index (χ1n) is 7.01. The number of Topliss-reactive ketones (excluding diaryl/α,β-unsaturated/α-hetero) is 1. The predicted molar refractivity (Wildman–Crippen MR) is 78.4 cm³/mol. The number of nitrogens with zero attached hydrogens (tertiary/aromatic N) is 2. The number of hydrogen-bond donors (Lipinski definition) is 0. The Bertz CT molecular complexity index is 429. The van der Waals surface area contributed by atoms with E-state index in [9.17, 15) is 4.79 Å². The van der Waals surface area contributed by atoms with Crippen LogP contribution in [0.2, 0.25) is 0 Å². The van der Waals surface area contributed by atoms with Crippen molar-refractivity contribution in [3.8, 4) is 0 Å². The average Bonchev–Trinajstić information content (AvgIpc) is 2.36. The number of rotatable bonds is 3. The molecule has 19 heavy (non-hydrogen) atoms. The third-order valence-corrected chi connectivity index (χ3v) is 4.20. The Morgan fingerprint density at radius 2 is 1.68 bits per heavy atom. The number of hydrogen-bond acceptors (Lipinski definition) is 3. The number of carbonyl (C=O) groups is 1. The van der Waals surface area contributed by atoms with Crippen molar-refractivity contribution in [2.75, 3.05) is 20.1 Å². The largest absolute Gasteiger partial charge is 0.298 e. The molecule has 1 aromatic rings. The van der Waals surface area contributed by atoms with Crippen LogP contribution < -0.4 is 0 Å². The standard InChI is InChI=1S/C16H24N2O/c1-12-9-18(10-13(2)17(12)4)11-15-5-7-16(8-6-15)14(3)19/h5-8,12-13H,9-11H2,1-4H3/t12-,13+. The smallest absolute Gasteiger partial charge is 0.159 e. The van der Waals surface area contributed by atoms with Gasteiger partial charge in [0.1, 0.15) is 0 Å². The van der Waals surface area contributed by atoms with Crippen molar-refractivity contribution < 1.29 is 4.79 Å². The zero-order chi connectivity index (χ0) is 14.0. The number of carbonyl (C=O) groups excluding carboxylic acids is 1. The molecule has 1 fully saturated rings. The number of piperazine rings is 1. The molecule has 0 N–H and O–H groups in total. The molecule has 0 unspecified atom stereocenters. The van der Waals surface area contributed by atoms with E-state index in [1.165, 1.54) is 5.56 Å². The molecular formula is C16H24N2O. The molecule has 0 radical (unpaired) electrons. The van der Waals surface area contributed by atoms with E-state index in [2.05, 4.69) is 42.8 Å². The number of likely N-dealkylation sites (N-methyl/N-ethyl adjacent to an activating group) is 1. The summed E-state index contributed by atoms with van der Waals surface area (Å²) in [5.74, 6) is 0.133. The van der Waals surface area contributed by atoms with Crippen molar-refractivity contribution in [1.82, 2.24) is 9.80 Å². The van der Waals surface area contributed by atoms with Gasteiger partial charge in [0.25, 0.3) is 0 Å². The van der Waals surface area contributed by atoms with E-state index in [-0.39, 0.29) is 5.78 Å². The number of benzene rings is 1. The van der Waals surface area contributed by atoms with Gasteiger partial charge in [-0.25, -0.2) is 0 Å². The molecule has 2 rings (SSSR count). The Morgan fingerprint density at radius 3 is 2.16 bits per heavy atom. The topological polar surface area (TPSA) is 23.6 Å². The molecule has 0 bridgehead atoms. The average molecular weight is 260 g/mol. The molecule has 1 aliphatic heterocycles. The first-order valence-corrected chi connectivity index (χ1v) is 7.01. The van der Waals surface area contributed by atoms with Crippen LogP contribution in [0.5, 0.6) is 0 Å². The first-order chi connectivity index (χ1) is 8.97. The zero-order valence-electron chi connectivity index (χ0n) is 12.4. The molecule has 0 aromatic heterocycles. The molecule has 2 atom stereocenters. The minimum absolute atomic E-state index is 0.133. The van der Waals surface area contributed by atoms with Crippen molar-refractivity contribution in [2.24, 2.45) is 0 Å². The van der Waals surface area contributed by atoms with E-state index in [1.54, 1.807) is 6.92 Å². The van der Waals surface area contributed by atoms with Crippen LogP contribution in [0.4, 0.5) is 0 Å². The first kappa shape index (κ1) is 14.2. The second-order valence-electron chi connectivity index (χ2n) is 5.81. The maximum Gasteiger partial charge on any atom is 0.159 e. The van der Waals surface area contributed by atoms with Crippen LogP contribution in [-0.4, -0.2) is 47.8 Å². The second kappa shape index (κ2) is 5.85.